The monoisotopic (exact) mass is 464 g/mol. The van der Waals surface area contributed by atoms with Gasteiger partial charge in [0.25, 0.3) is 5.91 Å². The smallest absolute Gasteiger partial charge is 0.284 e. The summed E-state index contributed by atoms with van der Waals surface area (Å²) in [4.78, 5) is 23.5. The topological polar surface area (TPSA) is 58.0 Å². The minimum atomic E-state index is -1.14. The van der Waals surface area contributed by atoms with E-state index in [-0.39, 0.29) is 11.5 Å². The summed E-state index contributed by atoms with van der Waals surface area (Å²) < 4.78 is 35.8. The fourth-order valence-electron chi connectivity index (χ4n) is 2.52. The van der Waals surface area contributed by atoms with Gasteiger partial charge in [0.05, 0.1) is 16.6 Å². The number of amides is 1. The van der Waals surface area contributed by atoms with E-state index in [0.29, 0.717) is 15.5 Å². The number of aromatic nitrogens is 1. The summed E-state index contributed by atoms with van der Waals surface area (Å²) >= 11 is 7.35. The fourth-order valence-corrected chi connectivity index (χ4v) is 3.58. The highest BCUT2D eigenvalue weighted by Gasteiger charge is 2.23. The Morgan fingerprint density at radius 1 is 1.16 bits per heavy atom. The van der Waals surface area contributed by atoms with Crippen molar-refractivity contribution in [1.29, 1.82) is 0 Å². The van der Waals surface area contributed by atoms with Crippen LogP contribution in [0, 0.1) is 11.6 Å². The molecule has 0 saturated carbocycles. The molecular weight excluding hydrogens is 446 g/mol. The van der Waals surface area contributed by atoms with E-state index in [1.54, 1.807) is 51.4 Å². The molecular formula is C21H19ClF2N4O2S. The van der Waals surface area contributed by atoms with Gasteiger partial charge in [0, 0.05) is 39.4 Å². The molecule has 0 aliphatic heterocycles. The quantitative estimate of drug-likeness (QED) is 0.295. The molecule has 0 radical (unpaired) electrons. The number of thiazole rings is 1. The predicted octanol–water partition coefficient (Wildman–Crippen LogP) is 4.90. The zero-order valence-electron chi connectivity index (χ0n) is 17.2. The van der Waals surface area contributed by atoms with Crippen molar-refractivity contribution in [2.75, 3.05) is 28.2 Å². The minimum absolute atomic E-state index is 0.225. The molecule has 1 amide bonds. The molecule has 3 rings (SSSR count). The third-order valence-electron chi connectivity index (χ3n) is 3.83. The number of rotatable bonds is 6. The molecule has 6 nitrogen and oxygen atoms in total. The van der Waals surface area contributed by atoms with E-state index in [2.05, 4.69) is 9.98 Å². The van der Waals surface area contributed by atoms with Gasteiger partial charge >= 0.3 is 0 Å². The van der Waals surface area contributed by atoms with Gasteiger partial charge in [-0.2, -0.15) is 4.99 Å². The number of halogens is 3. The summed E-state index contributed by atoms with van der Waals surface area (Å²) in [7, 11) is 6.79. The van der Waals surface area contributed by atoms with Gasteiger partial charge < -0.3 is 14.5 Å². The first-order valence-corrected chi connectivity index (χ1v) is 10.2. The van der Waals surface area contributed by atoms with Crippen LogP contribution in [0.25, 0.3) is 16.0 Å². The summed E-state index contributed by atoms with van der Waals surface area (Å²) in [6.07, 6.45) is 2.77. The highest BCUT2D eigenvalue weighted by molar-refractivity contribution is 7.19. The molecule has 31 heavy (non-hydrogen) atoms. The highest BCUT2D eigenvalue weighted by atomic mass is 35.5. The van der Waals surface area contributed by atoms with Gasteiger partial charge in [0.2, 0.25) is 0 Å². The molecule has 2 aromatic carbocycles. The Balaban J connectivity index is 2.02. The molecule has 0 fully saturated rings. The van der Waals surface area contributed by atoms with Crippen LogP contribution < -0.4 is 4.74 Å². The largest absolute Gasteiger partial charge is 0.450 e. The molecule has 0 N–H and O–H groups in total. The van der Waals surface area contributed by atoms with Crippen LogP contribution in [0.5, 0.6) is 5.75 Å². The SMILES string of the molecule is CN(C)C=NC(=O)c1c(F)ccc(OC(=CN(C)C)c2nc3cc(Cl)ccc3s2)c1F. The first kappa shape index (κ1) is 22.6. The number of aliphatic imine (C=N–C) groups is 1. The molecule has 1 heterocycles. The molecule has 1 aromatic heterocycles. The molecule has 0 aliphatic carbocycles. The lowest BCUT2D eigenvalue weighted by atomic mass is 10.1. The van der Waals surface area contributed by atoms with Crippen LogP contribution in [-0.2, 0) is 0 Å². The number of carbonyl (C=O) groups excluding carboxylic acids is 1. The minimum Gasteiger partial charge on any atom is -0.450 e. The lowest BCUT2D eigenvalue weighted by molar-refractivity contribution is 0.0993. The van der Waals surface area contributed by atoms with Crippen molar-refractivity contribution in [2.45, 2.75) is 0 Å². The van der Waals surface area contributed by atoms with E-state index in [4.69, 9.17) is 16.3 Å². The van der Waals surface area contributed by atoms with Gasteiger partial charge in [0.1, 0.15) is 11.4 Å². The van der Waals surface area contributed by atoms with Gasteiger partial charge in [-0.3, -0.25) is 4.79 Å². The maximum Gasteiger partial charge on any atom is 0.284 e. The maximum absolute atomic E-state index is 15.0. The first-order valence-electron chi connectivity index (χ1n) is 9.01. The fraction of sp³-hybridized carbons (Fsp3) is 0.190. The molecule has 162 valence electrons. The van der Waals surface area contributed by atoms with Gasteiger partial charge in [-0.1, -0.05) is 11.6 Å². The second-order valence-corrected chi connectivity index (χ2v) is 8.41. The van der Waals surface area contributed by atoms with Gasteiger partial charge in [-0.15, -0.1) is 11.3 Å². The maximum atomic E-state index is 15.0. The van der Waals surface area contributed by atoms with Crippen molar-refractivity contribution in [1.82, 2.24) is 14.8 Å². The number of fused-ring (bicyclic) bond motifs is 1. The number of carbonyl (C=O) groups is 1. The molecule has 0 spiro atoms. The lowest BCUT2D eigenvalue weighted by Gasteiger charge is -2.13. The van der Waals surface area contributed by atoms with Gasteiger partial charge in [-0.05, 0) is 30.3 Å². The van der Waals surface area contributed by atoms with Crippen LogP contribution in [0.15, 0.2) is 41.5 Å². The predicted molar refractivity (Wildman–Crippen MR) is 120 cm³/mol. The second kappa shape index (κ2) is 9.40. The van der Waals surface area contributed by atoms with Crippen molar-refractivity contribution in [3.63, 3.8) is 0 Å². The van der Waals surface area contributed by atoms with Crippen LogP contribution in [0.2, 0.25) is 5.02 Å². The van der Waals surface area contributed by atoms with Crippen LogP contribution in [0.3, 0.4) is 0 Å². The number of benzene rings is 2. The lowest BCUT2D eigenvalue weighted by Crippen LogP contribution is -2.12. The second-order valence-electron chi connectivity index (χ2n) is 6.94. The van der Waals surface area contributed by atoms with Crippen LogP contribution in [0.1, 0.15) is 15.4 Å². The molecule has 3 aromatic rings. The third kappa shape index (κ3) is 5.36. The van der Waals surface area contributed by atoms with E-state index in [1.165, 1.54) is 22.6 Å². The zero-order chi connectivity index (χ0) is 22.7. The summed E-state index contributed by atoms with van der Waals surface area (Å²) in [6, 6.07) is 7.35. The van der Waals surface area contributed by atoms with Crippen molar-refractivity contribution in [3.05, 3.63) is 63.8 Å². The average Bonchev–Trinajstić information content (AvgIpc) is 3.10. The summed E-state index contributed by atoms with van der Waals surface area (Å²) in [5, 5.41) is 1.00. The molecule has 0 unspecified atom stereocenters. The van der Waals surface area contributed by atoms with E-state index in [1.807, 2.05) is 6.07 Å². The summed E-state index contributed by atoms with van der Waals surface area (Å²) in [5.41, 5.74) is -0.134. The first-order chi connectivity index (χ1) is 14.7. The zero-order valence-corrected chi connectivity index (χ0v) is 18.8. The van der Waals surface area contributed by atoms with Crippen molar-refractivity contribution in [2.24, 2.45) is 4.99 Å². The van der Waals surface area contributed by atoms with Gasteiger partial charge in [-0.25, -0.2) is 13.8 Å². The van der Waals surface area contributed by atoms with E-state index >= 15 is 4.39 Å². The standard InChI is InChI=1S/C21H19ClF2N4O2S/c1-27(2)10-16(21-26-14-9-12(22)5-8-17(14)31-21)30-15-7-6-13(23)18(19(15)24)20(29)25-11-28(3)4/h5-11H,1-4H3. The Morgan fingerprint density at radius 3 is 2.58 bits per heavy atom. The summed E-state index contributed by atoms with van der Waals surface area (Å²) in [5.74, 6) is -3.33. The number of nitrogens with zero attached hydrogens (tertiary/aromatic N) is 4. The Kier molecular flexibility index (Phi) is 6.87. The molecule has 0 aliphatic rings. The number of hydrogen-bond acceptors (Lipinski definition) is 5. The molecule has 0 saturated heterocycles. The molecule has 0 bridgehead atoms. The third-order valence-corrected chi connectivity index (χ3v) is 5.12. The van der Waals surface area contributed by atoms with Crippen LogP contribution in [0.4, 0.5) is 8.78 Å². The Labute approximate surface area is 187 Å². The van der Waals surface area contributed by atoms with Gasteiger partial charge in [0.15, 0.2) is 22.3 Å². The molecule has 0 atom stereocenters. The van der Waals surface area contributed by atoms with Crippen LogP contribution in [-0.4, -0.2) is 55.2 Å². The van der Waals surface area contributed by atoms with Crippen molar-refractivity contribution >= 4 is 51.2 Å². The summed E-state index contributed by atoms with van der Waals surface area (Å²) in [6.45, 7) is 0. The number of hydrogen-bond donors (Lipinski definition) is 0. The van der Waals surface area contributed by atoms with Crippen LogP contribution >= 0.6 is 22.9 Å². The Bertz CT molecular complexity index is 1190. The van der Waals surface area contributed by atoms with E-state index in [9.17, 15) is 9.18 Å². The molecule has 10 heteroatoms. The average molecular weight is 465 g/mol. The normalized spacial score (nSPS) is 11.9. The Hall–Kier alpha value is -3.04. The Morgan fingerprint density at radius 2 is 1.90 bits per heavy atom. The van der Waals surface area contributed by atoms with E-state index in [0.717, 1.165) is 16.8 Å². The number of ether oxygens (including phenoxy) is 1. The highest BCUT2D eigenvalue weighted by Crippen LogP contribution is 2.33. The van der Waals surface area contributed by atoms with Crippen molar-refractivity contribution < 1.29 is 18.3 Å². The van der Waals surface area contributed by atoms with E-state index < -0.39 is 23.1 Å². The van der Waals surface area contributed by atoms with Crippen molar-refractivity contribution in [3.8, 4) is 5.75 Å².